The van der Waals surface area contributed by atoms with Gasteiger partial charge < -0.3 is 25.4 Å². The van der Waals surface area contributed by atoms with E-state index in [1.165, 1.54) is 0 Å². The van der Waals surface area contributed by atoms with Crippen LogP contribution in [0.2, 0.25) is 0 Å². The summed E-state index contributed by atoms with van der Waals surface area (Å²) in [6, 6.07) is 7.65. The highest BCUT2D eigenvalue weighted by atomic mass is 16.5. The van der Waals surface area contributed by atoms with Crippen LogP contribution in [0.1, 0.15) is 32.3 Å². The predicted molar refractivity (Wildman–Crippen MR) is 102 cm³/mol. The molecule has 1 fully saturated rings. The number of carbonyl (C=O) groups is 1. The zero-order valence-corrected chi connectivity index (χ0v) is 15.7. The normalized spacial score (nSPS) is 17.0. The molecule has 1 aliphatic rings. The summed E-state index contributed by atoms with van der Waals surface area (Å²) in [5.74, 6) is 1.32. The number of likely N-dealkylation sites (N-methyl/N-ethyl adjacent to an activating group) is 1. The molecule has 0 aliphatic carbocycles. The second kappa shape index (κ2) is 11.4. The van der Waals surface area contributed by atoms with E-state index in [-0.39, 0.29) is 18.6 Å². The van der Waals surface area contributed by atoms with Crippen molar-refractivity contribution >= 4 is 11.9 Å². The molecular weight excluding hydrogens is 332 g/mol. The monoisotopic (exact) mass is 362 g/mol. The summed E-state index contributed by atoms with van der Waals surface area (Å²) in [5.41, 5.74) is 1.02. The van der Waals surface area contributed by atoms with Gasteiger partial charge in [0.15, 0.2) is 12.6 Å². The van der Waals surface area contributed by atoms with Gasteiger partial charge in [0.1, 0.15) is 5.75 Å². The zero-order valence-electron chi connectivity index (χ0n) is 15.7. The number of carbonyl (C=O) groups excluding carboxylic acids is 1. The van der Waals surface area contributed by atoms with Crippen molar-refractivity contribution in [3.63, 3.8) is 0 Å². The van der Waals surface area contributed by atoms with E-state index in [0.29, 0.717) is 18.8 Å². The Morgan fingerprint density at radius 1 is 1.27 bits per heavy atom. The van der Waals surface area contributed by atoms with E-state index >= 15 is 0 Å². The molecule has 0 radical (unpaired) electrons. The lowest BCUT2D eigenvalue weighted by molar-refractivity contribution is -0.122. The Balaban J connectivity index is 1.86. The third kappa shape index (κ3) is 7.31. The summed E-state index contributed by atoms with van der Waals surface area (Å²) in [5, 5.41) is 9.29. The van der Waals surface area contributed by atoms with Gasteiger partial charge >= 0.3 is 0 Å². The quantitative estimate of drug-likeness (QED) is 0.457. The molecule has 144 valence electrons. The molecule has 0 spiro atoms. The maximum absolute atomic E-state index is 11.5. The molecule has 0 aromatic heterocycles. The summed E-state index contributed by atoms with van der Waals surface area (Å²) in [6.07, 6.45) is 2.49. The number of amides is 1. The van der Waals surface area contributed by atoms with Crippen LogP contribution in [0, 0.1) is 0 Å². The molecule has 1 aromatic rings. The second-order valence-corrected chi connectivity index (χ2v) is 6.10. The fourth-order valence-corrected chi connectivity index (χ4v) is 2.66. The number of aliphatic imine (C=N–C) groups is 1. The first-order chi connectivity index (χ1) is 12.7. The van der Waals surface area contributed by atoms with E-state index in [1.807, 2.05) is 38.1 Å². The van der Waals surface area contributed by atoms with Crippen LogP contribution in [0.5, 0.6) is 5.75 Å². The van der Waals surface area contributed by atoms with E-state index in [0.717, 1.165) is 44.1 Å². The fraction of sp³-hybridized carbons (Fsp3) is 0.579. The molecule has 7 heteroatoms. The standard InChI is InChI=1S/C19H30N4O3/c1-3-20-18(24)14-26-16-8-5-7-15(11-16)12-22-19(21-4-2)23-13-17-9-6-10-25-17/h5,7-8,11,17H,3-4,6,9-10,12-14H2,1-2H3,(H,20,24)(H2,21,22,23). The predicted octanol–water partition coefficient (Wildman–Crippen LogP) is 1.44. The van der Waals surface area contributed by atoms with E-state index in [1.54, 1.807) is 0 Å². The van der Waals surface area contributed by atoms with Gasteiger partial charge in [0.2, 0.25) is 0 Å². The number of benzene rings is 1. The van der Waals surface area contributed by atoms with Gasteiger partial charge in [-0.25, -0.2) is 4.99 Å². The Bertz CT molecular complexity index is 586. The zero-order chi connectivity index (χ0) is 18.6. The third-order valence-corrected chi connectivity index (χ3v) is 3.93. The van der Waals surface area contributed by atoms with Crippen molar-refractivity contribution in [1.82, 2.24) is 16.0 Å². The Morgan fingerprint density at radius 3 is 2.85 bits per heavy atom. The van der Waals surface area contributed by atoms with Crippen LogP contribution in [0.25, 0.3) is 0 Å². The number of nitrogens with zero attached hydrogens (tertiary/aromatic N) is 1. The van der Waals surface area contributed by atoms with Crippen molar-refractivity contribution < 1.29 is 14.3 Å². The van der Waals surface area contributed by atoms with Crippen molar-refractivity contribution in [2.24, 2.45) is 4.99 Å². The molecule has 1 atom stereocenters. The van der Waals surface area contributed by atoms with Crippen molar-refractivity contribution in [2.45, 2.75) is 39.3 Å². The first-order valence-corrected chi connectivity index (χ1v) is 9.33. The van der Waals surface area contributed by atoms with Crippen LogP contribution >= 0.6 is 0 Å². The molecule has 7 nitrogen and oxygen atoms in total. The maximum Gasteiger partial charge on any atom is 0.257 e. The minimum absolute atomic E-state index is 0.0200. The Hall–Kier alpha value is -2.28. The average Bonchev–Trinajstić information content (AvgIpc) is 3.16. The van der Waals surface area contributed by atoms with Crippen LogP contribution in [0.15, 0.2) is 29.3 Å². The number of nitrogens with one attached hydrogen (secondary N) is 3. The van der Waals surface area contributed by atoms with Crippen molar-refractivity contribution in [3.05, 3.63) is 29.8 Å². The fourth-order valence-electron chi connectivity index (χ4n) is 2.66. The highest BCUT2D eigenvalue weighted by Gasteiger charge is 2.15. The van der Waals surface area contributed by atoms with Crippen molar-refractivity contribution in [1.29, 1.82) is 0 Å². The number of ether oxygens (including phenoxy) is 2. The van der Waals surface area contributed by atoms with Gasteiger partial charge in [-0.1, -0.05) is 12.1 Å². The first kappa shape index (κ1) is 20.0. The smallest absolute Gasteiger partial charge is 0.257 e. The molecule has 1 amide bonds. The molecule has 1 heterocycles. The topological polar surface area (TPSA) is 84.0 Å². The molecule has 2 rings (SSSR count). The van der Waals surface area contributed by atoms with E-state index in [2.05, 4.69) is 20.9 Å². The molecule has 1 saturated heterocycles. The molecule has 26 heavy (non-hydrogen) atoms. The van der Waals surface area contributed by atoms with Crippen LogP contribution < -0.4 is 20.7 Å². The molecule has 1 unspecified atom stereocenters. The number of hydrogen-bond donors (Lipinski definition) is 3. The van der Waals surface area contributed by atoms with Gasteiger partial charge in [-0.3, -0.25) is 4.79 Å². The van der Waals surface area contributed by atoms with E-state index < -0.39 is 0 Å². The summed E-state index contributed by atoms with van der Waals surface area (Å²) >= 11 is 0. The van der Waals surface area contributed by atoms with Crippen molar-refractivity contribution in [3.8, 4) is 5.75 Å². The molecule has 1 aromatic carbocycles. The molecule has 3 N–H and O–H groups in total. The molecule has 0 bridgehead atoms. The lowest BCUT2D eigenvalue weighted by Crippen LogP contribution is -2.41. The van der Waals surface area contributed by atoms with Crippen LogP contribution in [-0.4, -0.2) is 50.8 Å². The lowest BCUT2D eigenvalue weighted by Gasteiger charge is -2.15. The van der Waals surface area contributed by atoms with Crippen LogP contribution in [0.4, 0.5) is 0 Å². The minimum Gasteiger partial charge on any atom is -0.484 e. The van der Waals surface area contributed by atoms with Crippen LogP contribution in [0.3, 0.4) is 0 Å². The first-order valence-electron chi connectivity index (χ1n) is 9.33. The van der Waals surface area contributed by atoms with Gasteiger partial charge in [0, 0.05) is 26.2 Å². The number of guanidine groups is 1. The van der Waals surface area contributed by atoms with Gasteiger partial charge in [0.05, 0.1) is 12.6 Å². The van der Waals surface area contributed by atoms with Gasteiger partial charge in [-0.15, -0.1) is 0 Å². The number of rotatable bonds is 9. The van der Waals surface area contributed by atoms with Crippen molar-refractivity contribution in [2.75, 3.05) is 32.8 Å². The average molecular weight is 362 g/mol. The highest BCUT2D eigenvalue weighted by Crippen LogP contribution is 2.14. The Labute approximate surface area is 155 Å². The van der Waals surface area contributed by atoms with E-state index in [4.69, 9.17) is 9.47 Å². The SMILES string of the molecule is CCNC(=O)COc1cccc(CN=C(NCC)NCC2CCCO2)c1. The third-order valence-electron chi connectivity index (χ3n) is 3.93. The largest absolute Gasteiger partial charge is 0.484 e. The molecule has 1 aliphatic heterocycles. The maximum atomic E-state index is 11.5. The summed E-state index contributed by atoms with van der Waals surface area (Å²) in [6.45, 7) is 7.48. The lowest BCUT2D eigenvalue weighted by atomic mass is 10.2. The van der Waals surface area contributed by atoms with E-state index in [9.17, 15) is 4.79 Å². The molecular formula is C19H30N4O3. The Morgan fingerprint density at radius 2 is 2.12 bits per heavy atom. The summed E-state index contributed by atoms with van der Waals surface area (Å²) in [4.78, 5) is 16.1. The summed E-state index contributed by atoms with van der Waals surface area (Å²) in [7, 11) is 0. The van der Waals surface area contributed by atoms with Crippen LogP contribution in [-0.2, 0) is 16.1 Å². The highest BCUT2D eigenvalue weighted by molar-refractivity contribution is 5.79. The second-order valence-electron chi connectivity index (χ2n) is 6.10. The van der Waals surface area contributed by atoms with Gasteiger partial charge in [0.25, 0.3) is 5.91 Å². The van der Waals surface area contributed by atoms with Gasteiger partial charge in [-0.05, 0) is 44.4 Å². The minimum atomic E-state index is -0.122. The summed E-state index contributed by atoms with van der Waals surface area (Å²) < 4.78 is 11.2. The Kier molecular flexibility index (Phi) is 8.75. The molecule has 0 saturated carbocycles. The van der Waals surface area contributed by atoms with Gasteiger partial charge in [-0.2, -0.15) is 0 Å². The number of hydrogen-bond acceptors (Lipinski definition) is 4.